The molecule has 7 aromatic rings. The molecule has 4 heteroatoms. The van der Waals surface area contributed by atoms with Gasteiger partial charge in [0.25, 0.3) is 0 Å². The Morgan fingerprint density at radius 2 is 0.550 bits per heavy atom. The lowest BCUT2D eigenvalue weighted by Gasteiger charge is -2.18. The van der Waals surface area contributed by atoms with Crippen molar-refractivity contribution in [1.29, 1.82) is 0 Å². The van der Waals surface area contributed by atoms with Gasteiger partial charge in [0, 0.05) is 5.92 Å². The van der Waals surface area contributed by atoms with Gasteiger partial charge in [0.15, 0.2) is 0 Å². The standard InChI is InChI=1S/C17H22.C16H20.3C15H18O.C15H18.C14H16O/c1-2-6-14(7-3-1)8-4-5-9-16-12-15-10-11-17(16)13-15;1-2-5-13(6-3-1)7-4-8-15-11-14-9-10-16(15)12-14;1-2-4-12(5-3-1)10-16-11-15-9-13-6-7-14(15)8-13;1-2-4-15(5-3-1)16-9-8-14-11-12-6-7-13(14)10-12;1-2-4-12(5-3-1)8-9-16-15-11-13-6-7-14(15)10-13;1-2-4-12(5-3-1)6-8-14-10-13-7-9-15(14)11-13;1-2-4-14(5-3-1)15-10-13-9-11-6-7-12(13)8-11/h1-3,6-7,10-11,15-17H,4-5,8-9,12-13H2;1-3,5-6,9-10,14-16H,4,7-8,11-12H2;1-7,13-15H,8-11H2;1-7,12-14H,8-11H2;1-7,13-15H,8-11H2;1-5,7,9,13-15H,6,8,10-11H2;1-7,11-13H,8-10H2. The molecule has 0 amide bonds. The molecule has 582 valence electrons. The van der Waals surface area contributed by atoms with E-state index >= 15 is 0 Å². The second-order valence-corrected chi connectivity index (χ2v) is 35.9. The summed E-state index contributed by atoms with van der Waals surface area (Å²) in [4.78, 5) is 0. The van der Waals surface area contributed by atoms with Crippen molar-refractivity contribution in [3.8, 4) is 11.5 Å². The lowest BCUT2D eigenvalue weighted by molar-refractivity contribution is 0.0386. The van der Waals surface area contributed by atoms with Gasteiger partial charge >= 0.3 is 0 Å². The van der Waals surface area contributed by atoms with E-state index in [1.807, 2.05) is 66.7 Å². The molecule has 0 radical (unpaired) electrons. The van der Waals surface area contributed by atoms with Crippen LogP contribution in [0.5, 0.6) is 11.5 Å². The van der Waals surface area contributed by atoms with Gasteiger partial charge in [0.2, 0.25) is 0 Å². The molecule has 0 aliphatic heterocycles. The molecular weight excluding hydrogens is 1350 g/mol. The van der Waals surface area contributed by atoms with Crippen molar-refractivity contribution in [3.05, 3.63) is 325 Å². The fourth-order valence-corrected chi connectivity index (χ4v) is 22.0. The van der Waals surface area contributed by atoms with Crippen LogP contribution in [-0.2, 0) is 41.8 Å². The molecular formula is C107H130O4. The van der Waals surface area contributed by atoms with Crippen molar-refractivity contribution in [2.75, 3.05) is 26.4 Å². The maximum Gasteiger partial charge on any atom is 0.119 e. The number of hydrogen-bond acceptors (Lipinski definition) is 4. The Hall–Kier alpha value is -7.76. The van der Waals surface area contributed by atoms with Crippen molar-refractivity contribution in [1.82, 2.24) is 0 Å². The van der Waals surface area contributed by atoms with E-state index in [4.69, 9.17) is 18.9 Å². The van der Waals surface area contributed by atoms with E-state index in [0.29, 0.717) is 12.0 Å². The minimum Gasteiger partial charge on any atom is -0.494 e. The Morgan fingerprint density at radius 3 is 0.946 bits per heavy atom. The molecule has 7 aromatic carbocycles. The Bertz CT molecular complexity index is 3650. The van der Waals surface area contributed by atoms with Crippen LogP contribution in [0.2, 0.25) is 0 Å². The highest BCUT2D eigenvalue weighted by molar-refractivity contribution is 5.25. The SMILES string of the molecule is C1=CC2CC1CC2CCCCc1ccccc1.C1=CC2CC1CC2CCCc1ccccc1.C1=CC2CC1CC2CCOc1ccccc1.C1=CC2CC1CC2CCc1ccccc1.C1=CC2CC1CC2COCc1ccccc1.C1=CC2CC1CC2COc1ccccc1.C1=CC2CC1CC2OCCc1ccccc1. The average Bonchev–Trinajstić information content (AvgIpc) is 1.72. The Labute approximate surface area is 669 Å². The maximum absolute atomic E-state index is 5.99. The Morgan fingerprint density at radius 1 is 0.225 bits per heavy atom. The lowest BCUT2D eigenvalue weighted by Crippen LogP contribution is -2.19. The summed E-state index contributed by atoms with van der Waals surface area (Å²) >= 11 is 0. The van der Waals surface area contributed by atoms with Gasteiger partial charge in [0.1, 0.15) is 11.5 Å². The third kappa shape index (κ3) is 23.7. The summed E-state index contributed by atoms with van der Waals surface area (Å²) in [6.07, 6.45) is 68.3. The van der Waals surface area contributed by atoms with Crippen molar-refractivity contribution in [3.63, 3.8) is 0 Å². The number of fused-ring (bicyclic) bond motifs is 14. The van der Waals surface area contributed by atoms with E-state index < -0.39 is 0 Å². The quantitative estimate of drug-likeness (QED) is 0.0380. The first-order valence-corrected chi connectivity index (χ1v) is 44.4. The van der Waals surface area contributed by atoms with Crippen LogP contribution < -0.4 is 9.47 Å². The first-order chi connectivity index (χ1) is 54.9. The molecule has 7 saturated carbocycles. The molecule has 111 heavy (non-hydrogen) atoms. The predicted molar refractivity (Wildman–Crippen MR) is 461 cm³/mol. The zero-order valence-electron chi connectivity index (χ0n) is 66.8. The molecule has 0 N–H and O–H groups in total. The van der Waals surface area contributed by atoms with Gasteiger partial charge in [-0.3, -0.25) is 0 Å². The number of rotatable bonds is 27. The summed E-state index contributed by atoms with van der Waals surface area (Å²) in [5.74, 6) is 19.5. The summed E-state index contributed by atoms with van der Waals surface area (Å²) < 4.78 is 23.4. The number of aryl methyl sites for hydroxylation is 3. The number of allylic oxidation sites excluding steroid dienone is 13. The van der Waals surface area contributed by atoms with Gasteiger partial charge in [-0.2, -0.15) is 0 Å². The molecule has 0 heterocycles. The summed E-state index contributed by atoms with van der Waals surface area (Å²) in [6.45, 7) is 4.31. The Kier molecular flexibility index (Phi) is 29.2. The summed E-state index contributed by atoms with van der Waals surface area (Å²) in [7, 11) is 0. The summed E-state index contributed by atoms with van der Waals surface area (Å²) in [6, 6.07) is 74.0. The molecule has 21 atom stereocenters. The van der Waals surface area contributed by atoms with E-state index in [9.17, 15) is 0 Å². The molecule has 14 aliphatic rings. The number of benzene rings is 7. The maximum atomic E-state index is 5.99. The van der Waals surface area contributed by atoms with Crippen molar-refractivity contribution in [2.45, 2.75) is 173 Å². The Balaban J connectivity index is 0.000000103. The molecule has 21 rings (SSSR count). The van der Waals surface area contributed by atoms with Crippen molar-refractivity contribution in [2.24, 2.45) is 118 Å². The second kappa shape index (κ2) is 41.3. The zero-order valence-corrected chi connectivity index (χ0v) is 66.8. The number of unbranched alkanes of at least 4 members (excludes halogenated alkanes) is 1. The van der Waals surface area contributed by atoms with Crippen LogP contribution in [0.15, 0.2) is 297 Å². The third-order valence-corrected chi connectivity index (χ3v) is 28.1. The fourth-order valence-electron chi connectivity index (χ4n) is 22.0. The number of hydrogen-bond donors (Lipinski definition) is 0. The van der Waals surface area contributed by atoms with Gasteiger partial charge in [-0.25, -0.2) is 0 Å². The highest BCUT2D eigenvalue weighted by Gasteiger charge is 2.41. The van der Waals surface area contributed by atoms with Gasteiger partial charge in [-0.05, 0) is 319 Å². The molecule has 21 unspecified atom stereocenters. The van der Waals surface area contributed by atoms with Crippen LogP contribution in [0.1, 0.15) is 163 Å². The van der Waals surface area contributed by atoms with Crippen LogP contribution in [-0.4, -0.2) is 32.5 Å². The van der Waals surface area contributed by atoms with Gasteiger partial charge in [-0.1, -0.05) is 280 Å². The van der Waals surface area contributed by atoms with Gasteiger partial charge < -0.3 is 18.9 Å². The zero-order chi connectivity index (χ0) is 74.9. The molecule has 7 fully saturated rings. The minimum atomic E-state index is 0.499. The van der Waals surface area contributed by atoms with E-state index in [-0.39, 0.29) is 0 Å². The normalized spacial score (nSPS) is 31.2. The molecule has 14 bridgehead atoms. The molecule has 14 aliphatic carbocycles. The van der Waals surface area contributed by atoms with Crippen LogP contribution in [0.4, 0.5) is 0 Å². The third-order valence-electron chi connectivity index (χ3n) is 28.1. The van der Waals surface area contributed by atoms with Crippen LogP contribution in [0.3, 0.4) is 0 Å². The van der Waals surface area contributed by atoms with E-state index in [1.165, 1.54) is 182 Å². The minimum absolute atomic E-state index is 0.499. The molecule has 0 saturated heterocycles. The first-order valence-electron chi connectivity index (χ1n) is 44.4. The molecule has 0 aromatic heterocycles. The first kappa shape index (κ1) is 78.5. The average molecular weight is 1480 g/mol. The van der Waals surface area contributed by atoms with Crippen LogP contribution in [0, 0.1) is 118 Å². The highest BCUT2D eigenvalue weighted by atomic mass is 16.5. The highest BCUT2D eigenvalue weighted by Crippen LogP contribution is 2.50. The smallest absolute Gasteiger partial charge is 0.119 e. The van der Waals surface area contributed by atoms with Crippen molar-refractivity contribution < 1.29 is 18.9 Å². The van der Waals surface area contributed by atoms with Crippen LogP contribution >= 0.6 is 0 Å². The van der Waals surface area contributed by atoms with E-state index in [1.54, 1.807) is 0 Å². The van der Waals surface area contributed by atoms with Crippen molar-refractivity contribution >= 4 is 0 Å². The lowest BCUT2D eigenvalue weighted by atomic mass is 9.88. The fraction of sp³-hybridized carbons (Fsp3) is 0.477. The topological polar surface area (TPSA) is 36.9 Å². The van der Waals surface area contributed by atoms with Crippen LogP contribution in [0.25, 0.3) is 0 Å². The summed E-state index contributed by atoms with van der Waals surface area (Å²) in [5.41, 5.74) is 7.16. The van der Waals surface area contributed by atoms with E-state index in [2.05, 4.69) is 231 Å². The number of para-hydroxylation sites is 2. The van der Waals surface area contributed by atoms with E-state index in [0.717, 1.165) is 163 Å². The largest absolute Gasteiger partial charge is 0.494 e. The molecule has 4 nitrogen and oxygen atoms in total. The predicted octanol–water partition coefficient (Wildman–Crippen LogP) is 26.2. The second-order valence-electron chi connectivity index (χ2n) is 35.9. The summed E-state index contributed by atoms with van der Waals surface area (Å²) in [5, 5.41) is 0. The number of ether oxygens (including phenoxy) is 4. The van der Waals surface area contributed by atoms with Gasteiger partial charge in [0.05, 0.1) is 39.1 Å². The monoisotopic (exact) mass is 1480 g/mol. The van der Waals surface area contributed by atoms with Gasteiger partial charge in [-0.15, -0.1) is 0 Å². The molecule has 0 spiro atoms.